The van der Waals surface area contributed by atoms with Gasteiger partial charge in [-0.2, -0.15) is 13.8 Å². The van der Waals surface area contributed by atoms with Crippen LogP contribution < -0.4 is 0 Å². The molecule has 0 aliphatic carbocycles. The van der Waals surface area contributed by atoms with E-state index in [4.69, 9.17) is 0 Å². The standard InChI is InChI=1S/C3H7.Ir/c1-3-2;/h3H,1-2H3;/q-1;. The summed E-state index contributed by atoms with van der Waals surface area (Å²) in [5.41, 5.74) is 0. The molecule has 4 heavy (non-hydrogen) atoms. The summed E-state index contributed by atoms with van der Waals surface area (Å²) >= 11 is 0. The Hall–Kier alpha value is 0.649. The van der Waals surface area contributed by atoms with E-state index in [9.17, 15) is 0 Å². The van der Waals surface area contributed by atoms with Gasteiger partial charge in [0.15, 0.2) is 0 Å². The van der Waals surface area contributed by atoms with Crippen LogP contribution in [-0.4, -0.2) is 0 Å². The van der Waals surface area contributed by atoms with Crippen LogP contribution >= 0.6 is 0 Å². The maximum atomic E-state index is 2.00. The van der Waals surface area contributed by atoms with Crippen LogP contribution in [-0.2, 0) is 20.1 Å². The van der Waals surface area contributed by atoms with Crippen LogP contribution in [0.4, 0.5) is 0 Å². The second-order valence-corrected chi connectivity index (χ2v) is 0.577. The van der Waals surface area contributed by atoms with E-state index in [0.29, 0.717) is 0 Å². The molecule has 0 aromatic rings. The third-order valence-corrected chi connectivity index (χ3v) is 0. The molecule has 0 unspecified atom stereocenters. The Labute approximate surface area is 40.9 Å². The minimum absolute atomic E-state index is 0. The van der Waals surface area contributed by atoms with Crippen molar-refractivity contribution in [2.75, 3.05) is 0 Å². The van der Waals surface area contributed by atoms with Crippen molar-refractivity contribution in [2.45, 2.75) is 13.8 Å². The average Bonchev–Trinajstić information content (AvgIpc) is 0.918. The molecule has 0 amide bonds. The van der Waals surface area contributed by atoms with Gasteiger partial charge >= 0.3 is 0 Å². The maximum Gasteiger partial charge on any atom is 0 e. The summed E-state index contributed by atoms with van der Waals surface area (Å²) in [5.74, 6) is 0. The van der Waals surface area contributed by atoms with E-state index in [1.165, 1.54) is 0 Å². The zero-order valence-corrected chi connectivity index (χ0v) is 5.31. The Morgan fingerprint density at radius 1 is 1.25 bits per heavy atom. The van der Waals surface area contributed by atoms with Crippen LogP contribution in [0.1, 0.15) is 13.8 Å². The molecule has 0 aromatic heterocycles. The van der Waals surface area contributed by atoms with Crippen molar-refractivity contribution in [2.24, 2.45) is 0 Å². The third-order valence-electron chi connectivity index (χ3n) is 0. The van der Waals surface area contributed by atoms with Gasteiger partial charge in [0, 0.05) is 20.1 Å². The summed E-state index contributed by atoms with van der Waals surface area (Å²) < 4.78 is 0. The predicted molar refractivity (Wildman–Crippen MR) is 15.6 cm³/mol. The smallest absolute Gasteiger partial charge is 0 e. The quantitative estimate of drug-likeness (QED) is 0.554. The molecule has 1 radical (unpaired) electrons. The molecule has 0 aliphatic heterocycles. The molecule has 0 atom stereocenters. The van der Waals surface area contributed by atoms with Crippen molar-refractivity contribution in [3.63, 3.8) is 0 Å². The van der Waals surface area contributed by atoms with E-state index >= 15 is 0 Å². The van der Waals surface area contributed by atoms with Crippen LogP contribution in [0.5, 0.6) is 0 Å². The normalized spacial score (nSPS) is 4.50. The van der Waals surface area contributed by atoms with Crippen LogP contribution in [0.3, 0.4) is 0 Å². The van der Waals surface area contributed by atoms with Gasteiger partial charge in [0.05, 0.1) is 0 Å². The molecule has 29 valence electrons. The van der Waals surface area contributed by atoms with Gasteiger partial charge in [0.25, 0.3) is 0 Å². The van der Waals surface area contributed by atoms with E-state index in [1.807, 2.05) is 20.3 Å². The fourth-order valence-corrected chi connectivity index (χ4v) is 0. The first-order valence-electron chi connectivity index (χ1n) is 1.15. The Bertz CT molecular complexity index is 3.25. The molecule has 0 nitrogen and oxygen atoms in total. The first kappa shape index (κ1) is 8.82. The zero-order chi connectivity index (χ0) is 2.71. The molecule has 0 aliphatic rings. The van der Waals surface area contributed by atoms with Crippen LogP contribution in [0.25, 0.3) is 0 Å². The van der Waals surface area contributed by atoms with Crippen LogP contribution in [0.15, 0.2) is 0 Å². The molecule has 0 rings (SSSR count). The minimum Gasteiger partial charge on any atom is -0.335 e. The van der Waals surface area contributed by atoms with Gasteiger partial charge in [-0.25, -0.2) is 0 Å². The van der Waals surface area contributed by atoms with E-state index < -0.39 is 0 Å². The Morgan fingerprint density at radius 3 is 1.25 bits per heavy atom. The Balaban J connectivity index is 0. The van der Waals surface area contributed by atoms with Gasteiger partial charge in [-0.05, 0) is 0 Å². The largest absolute Gasteiger partial charge is 0.335 e. The van der Waals surface area contributed by atoms with E-state index in [2.05, 4.69) is 0 Å². The maximum absolute atomic E-state index is 2.00. The fraction of sp³-hybridized carbons (Fsp3) is 0.667. The SMILES string of the molecule is C[CH-]C.[Ir]. The van der Waals surface area contributed by atoms with Crippen LogP contribution in [0.2, 0.25) is 0 Å². The first-order chi connectivity index (χ1) is 1.41. The molecule has 0 fully saturated rings. The second kappa shape index (κ2) is 9.42. The van der Waals surface area contributed by atoms with E-state index in [-0.39, 0.29) is 20.1 Å². The van der Waals surface area contributed by atoms with E-state index in [0.717, 1.165) is 0 Å². The number of hydrogen-bond acceptors (Lipinski definition) is 0. The Morgan fingerprint density at radius 2 is 1.25 bits per heavy atom. The van der Waals surface area contributed by atoms with Crippen LogP contribution in [0, 0.1) is 6.42 Å². The van der Waals surface area contributed by atoms with Gasteiger partial charge in [-0.3, -0.25) is 0 Å². The average molecular weight is 235 g/mol. The molecular weight excluding hydrogens is 228 g/mol. The molecule has 0 spiro atoms. The monoisotopic (exact) mass is 236 g/mol. The molecular formula is C3H7Ir-. The molecule has 1 heteroatoms. The van der Waals surface area contributed by atoms with Crippen molar-refractivity contribution in [3.05, 3.63) is 6.42 Å². The molecule has 0 N–H and O–H groups in total. The van der Waals surface area contributed by atoms with Gasteiger partial charge in [-0.1, -0.05) is 0 Å². The molecule has 0 saturated carbocycles. The summed E-state index contributed by atoms with van der Waals surface area (Å²) in [6, 6.07) is 0. The van der Waals surface area contributed by atoms with Gasteiger partial charge in [0.2, 0.25) is 0 Å². The van der Waals surface area contributed by atoms with Crippen molar-refractivity contribution in [1.29, 1.82) is 0 Å². The minimum atomic E-state index is 0. The van der Waals surface area contributed by atoms with Crippen molar-refractivity contribution < 1.29 is 20.1 Å². The molecule has 0 heterocycles. The van der Waals surface area contributed by atoms with Gasteiger partial charge in [-0.15, -0.1) is 0 Å². The van der Waals surface area contributed by atoms with Gasteiger partial charge in [0.1, 0.15) is 0 Å². The third kappa shape index (κ3) is 17.1. The fourth-order valence-electron chi connectivity index (χ4n) is 0. The molecule has 0 saturated heterocycles. The summed E-state index contributed by atoms with van der Waals surface area (Å²) in [6.07, 6.45) is 2.00. The first-order valence-corrected chi connectivity index (χ1v) is 1.15. The van der Waals surface area contributed by atoms with E-state index in [1.54, 1.807) is 0 Å². The van der Waals surface area contributed by atoms with Gasteiger partial charge < -0.3 is 6.42 Å². The van der Waals surface area contributed by atoms with Crippen molar-refractivity contribution in [3.8, 4) is 0 Å². The second-order valence-electron chi connectivity index (χ2n) is 0.577. The van der Waals surface area contributed by atoms with Crippen molar-refractivity contribution >= 4 is 0 Å². The van der Waals surface area contributed by atoms with Crippen molar-refractivity contribution in [1.82, 2.24) is 0 Å². The summed E-state index contributed by atoms with van der Waals surface area (Å²) in [6.45, 7) is 4.00. The summed E-state index contributed by atoms with van der Waals surface area (Å²) in [4.78, 5) is 0. The summed E-state index contributed by atoms with van der Waals surface area (Å²) in [5, 5.41) is 0. The topological polar surface area (TPSA) is 0 Å². The number of hydrogen-bond donors (Lipinski definition) is 0. The summed E-state index contributed by atoms with van der Waals surface area (Å²) in [7, 11) is 0. The predicted octanol–water partition coefficient (Wildman–Crippen LogP) is 1.23. The molecule has 0 aromatic carbocycles. The zero-order valence-electron chi connectivity index (χ0n) is 2.91. The Kier molecular flexibility index (Phi) is 20.8. The molecule has 0 bridgehead atoms. The number of rotatable bonds is 0.